The Morgan fingerprint density at radius 3 is 2.56 bits per heavy atom. The Hall–Kier alpha value is -0.590. The van der Waals surface area contributed by atoms with Crippen molar-refractivity contribution in [1.82, 2.24) is 4.98 Å². The van der Waals surface area contributed by atoms with Crippen LogP contribution in [0.1, 0.15) is 0 Å². The monoisotopic (exact) mass is 434 g/mol. The quantitative estimate of drug-likeness (QED) is 0.725. The van der Waals surface area contributed by atoms with Crippen LogP contribution < -0.4 is 10.1 Å². The summed E-state index contributed by atoms with van der Waals surface area (Å²) in [7, 11) is 1.64. The highest BCUT2D eigenvalue weighted by Crippen LogP contribution is 2.33. The smallest absolute Gasteiger partial charge is 0.144 e. The van der Waals surface area contributed by atoms with Crippen molar-refractivity contribution in [3.8, 4) is 5.75 Å². The van der Waals surface area contributed by atoms with E-state index in [1.807, 2.05) is 24.3 Å². The predicted octanol–water partition coefficient (Wildman–Crippen LogP) is 5.12. The molecule has 0 aliphatic rings. The zero-order valence-corrected chi connectivity index (χ0v) is 14.1. The van der Waals surface area contributed by atoms with Crippen LogP contribution in [0.15, 0.2) is 43.9 Å². The third-order valence-corrected chi connectivity index (χ3v) is 3.75. The minimum absolute atomic E-state index is 0.731. The number of aromatic nitrogens is 1. The summed E-state index contributed by atoms with van der Waals surface area (Å²) in [6.45, 7) is 0. The minimum Gasteiger partial charge on any atom is -0.495 e. The number of pyridine rings is 1. The SMILES string of the molecule is COc1ccc(Br)cc1Nc1ncc(Br)cc1Br. The third-order valence-electron chi connectivity index (χ3n) is 2.22. The predicted molar refractivity (Wildman–Crippen MR) is 83.6 cm³/mol. The van der Waals surface area contributed by atoms with E-state index < -0.39 is 0 Å². The highest BCUT2D eigenvalue weighted by molar-refractivity contribution is 9.11. The topological polar surface area (TPSA) is 34.1 Å². The molecule has 18 heavy (non-hydrogen) atoms. The molecule has 3 nitrogen and oxygen atoms in total. The van der Waals surface area contributed by atoms with Crippen molar-refractivity contribution in [1.29, 1.82) is 0 Å². The van der Waals surface area contributed by atoms with Crippen LogP contribution in [0, 0.1) is 0 Å². The van der Waals surface area contributed by atoms with Gasteiger partial charge in [0.05, 0.1) is 17.3 Å². The fourth-order valence-corrected chi connectivity index (χ4v) is 2.86. The lowest BCUT2D eigenvalue weighted by Crippen LogP contribution is -1.97. The standard InChI is InChI=1S/C12H9Br3N2O/c1-18-11-3-2-7(13)5-10(11)17-12-9(15)4-8(14)6-16-12/h2-6H,1H3,(H,16,17). The molecule has 0 radical (unpaired) electrons. The molecule has 2 rings (SSSR count). The summed E-state index contributed by atoms with van der Waals surface area (Å²) in [4.78, 5) is 4.30. The average Bonchev–Trinajstić information content (AvgIpc) is 2.33. The maximum absolute atomic E-state index is 5.30. The van der Waals surface area contributed by atoms with E-state index in [0.717, 1.165) is 30.7 Å². The Labute approximate surface area is 130 Å². The van der Waals surface area contributed by atoms with Crippen LogP contribution in [0.5, 0.6) is 5.75 Å². The summed E-state index contributed by atoms with van der Waals surface area (Å²) >= 11 is 10.3. The van der Waals surface area contributed by atoms with E-state index in [4.69, 9.17) is 4.74 Å². The van der Waals surface area contributed by atoms with Crippen LogP contribution in [0.25, 0.3) is 0 Å². The maximum Gasteiger partial charge on any atom is 0.144 e. The first-order chi connectivity index (χ1) is 8.60. The van der Waals surface area contributed by atoms with Crippen molar-refractivity contribution in [3.05, 3.63) is 43.9 Å². The van der Waals surface area contributed by atoms with Crippen LogP contribution in [0.3, 0.4) is 0 Å². The van der Waals surface area contributed by atoms with Gasteiger partial charge in [0, 0.05) is 15.1 Å². The molecule has 0 aliphatic carbocycles. The van der Waals surface area contributed by atoms with E-state index >= 15 is 0 Å². The number of methoxy groups -OCH3 is 1. The lowest BCUT2D eigenvalue weighted by atomic mass is 10.3. The van der Waals surface area contributed by atoms with Crippen molar-refractivity contribution < 1.29 is 4.74 Å². The Morgan fingerprint density at radius 2 is 1.89 bits per heavy atom. The number of benzene rings is 1. The number of hydrogen-bond donors (Lipinski definition) is 1. The molecule has 1 heterocycles. The van der Waals surface area contributed by atoms with Crippen LogP contribution in [0.2, 0.25) is 0 Å². The van der Waals surface area contributed by atoms with Gasteiger partial charge in [-0.05, 0) is 56.1 Å². The fraction of sp³-hybridized carbons (Fsp3) is 0.0833. The molecule has 1 aromatic carbocycles. The first-order valence-corrected chi connectivity index (χ1v) is 7.39. The van der Waals surface area contributed by atoms with Crippen molar-refractivity contribution in [2.75, 3.05) is 12.4 Å². The minimum atomic E-state index is 0.731. The van der Waals surface area contributed by atoms with Gasteiger partial charge >= 0.3 is 0 Å². The molecule has 0 unspecified atom stereocenters. The second-order valence-corrected chi connectivity index (χ2v) is 6.14. The number of nitrogens with one attached hydrogen (secondary N) is 1. The molecular weight excluding hydrogens is 428 g/mol. The second-order valence-electron chi connectivity index (χ2n) is 3.45. The largest absolute Gasteiger partial charge is 0.495 e. The number of anilines is 2. The van der Waals surface area contributed by atoms with Gasteiger partial charge in [-0.3, -0.25) is 0 Å². The van der Waals surface area contributed by atoms with Crippen LogP contribution in [-0.4, -0.2) is 12.1 Å². The van der Waals surface area contributed by atoms with E-state index in [1.54, 1.807) is 13.3 Å². The van der Waals surface area contributed by atoms with Crippen molar-refractivity contribution in [3.63, 3.8) is 0 Å². The van der Waals surface area contributed by atoms with Gasteiger partial charge in [-0.1, -0.05) is 15.9 Å². The van der Waals surface area contributed by atoms with Gasteiger partial charge in [-0.15, -0.1) is 0 Å². The average molecular weight is 437 g/mol. The van der Waals surface area contributed by atoms with E-state index in [9.17, 15) is 0 Å². The zero-order chi connectivity index (χ0) is 13.1. The number of nitrogens with zero attached hydrogens (tertiary/aromatic N) is 1. The molecule has 1 aromatic heterocycles. The van der Waals surface area contributed by atoms with Crippen LogP contribution in [-0.2, 0) is 0 Å². The Bertz CT molecular complexity index is 575. The Balaban J connectivity index is 2.36. The highest BCUT2D eigenvalue weighted by Gasteiger charge is 2.07. The third kappa shape index (κ3) is 3.24. The van der Waals surface area contributed by atoms with Gasteiger partial charge in [0.25, 0.3) is 0 Å². The highest BCUT2D eigenvalue weighted by atomic mass is 79.9. The molecule has 0 amide bonds. The molecule has 0 spiro atoms. The lowest BCUT2D eigenvalue weighted by molar-refractivity contribution is 0.416. The molecule has 0 atom stereocenters. The molecule has 0 bridgehead atoms. The fourth-order valence-electron chi connectivity index (χ4n) is 1.41. The van der Waals surface area contributed by atoms with Crippen molar-refractivity contribution in [2.24, 2.45) is 0 Å². The maximum atomic E-state index is 5.30. The number of halogens is 3. The summed E-state index contributed by atoms with van der Waals surface area (Å²) in [5.74, 6) is 1.49. The van der Waals surface area contributed by atoms with E-state index in [2.05, 4.69) is 58.1 Å². The molecule has 1 N–H and O–H groups in total. The summed E-state index contributed by atoms with van der Waals surface area (Å²) < 4.78 is 8.06. The van der Waals surface area contributed by atoms with Gasteiger partial charge in [-0.2, -0.15) is 0 Å². The first kappa shape index (κ1) is 13.8. The zero-order valence-electron chi connectivity index (χ0n) is 9.38. The summed E-state index contributed by atoms with van der Waals surface area (Å²) in [6.07, 6.45) is 1.73. The molecule has 0 saturated heterocycles. The van der Waals surface area contributed by atoms with Crippen molar-refractivity contribution >= 4 is 59.3 Å². The number of ether oxygens (including phenoxy) is 1. The second kappa shape index (κ2) is 6.04. The number of rotatable bonds is 3. The molecule has 94 valence electrons. The van der Waals surface area contributed by atoms with Crippen LogP contribution in [0.4, 0.5) is 11.5 Å². The van der Waals surface area contributed by atoms with E-state index in [1.165, 1.54) is 0 Å². The normalized spacial score (nSPS) is 10.2. The Kier molecular flexibility index (Phi) is 4.64. The molecular formula is C12H9Br3N2O. The molecule has 0 saturated carbocycles. The van der Waals surface area contributed by atoms with Gasteiger partial charge in [0.2, 0.25) is 0 Å². The Morgan fingerprint density at radius 1 is 1.11 bits per heavy atom. The number of hydrogen-bond acceptors (Lipinski definition) is 3. The van der Waals surface area contributed by atoms with Crippen molar-refractivity contribution in [2.45, 2.75) is 0 Å². The van der Waals surface area contributed by atoms with Crippen LogP contribution >= 0.6 is 47.8 Å². The van der Waals surface area contributed by atoms with Gasteiger partial charge in [0.1, 0.15) is 11.6 Å². The summed E-state index contributed by atoms with van der Waals surface area (Å²) in [5.41, 5.74) is 0.849. The molecule has 2 aromatic rings. The first-order valence-electron chi connectivity index (χ1n) is 5.02. The van der Waals surface area contributed by atoms with Gasteiger partial charge in [-0.25, -0.2) is 4.98 Å². The molecule has 0 aliphatic heterocycles. The summed E-state index contributed by atoms with van der Waals surface area (Å²) in [5, 5.41) is 3.23. The molecule has 6 heteroatoms. The van der Waals surface area contributed by atoms with Gasteiger partial charge < -0.3 is 10.1 Å². The van der Waals surface area contributed by atoms with E-state index in [0.29, 0.717) is 0 Å². The molecule has 0 fully saturated rings. The van der Waals surface area contributed by atoms with Gasteiger partial charge in [0.15, 0.2) is 0 Å². The summed E-state index contributed by atoms with van der Waals surface area (Å²) in [6, 6.07) is 7.68. The van der Waals surface area contributed by atoms with E-state index in [-0.39, 0.29) is 0 Å². The lowest BCUT2D eigenvalue weighted by Gasteiger charge is -2.12.